The third-order valence-electron chi connectivity index (χ3n) is 2.53. The lowest BCUT2D eigenvalue weighted by molar-refractivity contribution is 0.391. The quantitative estimate of drug-likeness (QED) is 0.883. The SMILES string of the molecule is COc1cc(OC)cc([C@H](N)CC(C)C)c1.Cl. The average molecular weight is 260 g/mol. The fraction of sp³-hybridized carbons (Fsp3) is 0.538. The second-order valence-electron chi connectivity index (χ2n) is 4.38. The van der Waals surface area contributed by atoms with E-state index < -0.39 is 0 Å². The van der Waals surface area contributed by atoms with E-state index in [0.29, 0.717) is 5.92 Å². The summed E-state index contributed by atoms with van der Waals surface area (Å²) in [6, 6.07) is 5.82. The van der Waals surface area contributed by atoms with Gasteiger partial charge in [-0.25, -0.2) is 0 Å². The molecule has 0 aliphatic heterocycles. The summed E-state index contributed by atoms with van der Waals surface area (Å²) in [7, 11) is 3.29. The Morgan fingerprint density at radius 1 is 1.06 bits per heavy atom. The topological polar surface area (TPSA) is 44.5 Å². The minimum atomic E-state index is 0. The predicted molar refractivity (Wildman–Crippen MR) is 73.2 cm³/mol. The van der Waals surface area contributed by atoms with Gasteiger partial charge in [0.2, 0.25) is 0 Å². The predicted octanol–water partition coefficient (Wildman–Crippen LogP) is 3.17. The van der Waals surface area contributed by atoms with Gasteiger partial charge in [0.1, 0.15) is 11.5 Å². The van der Waals surface area contributed by atoms with E-state index in [2.05, 4.69) is 13.8 Å². The average Bonchev–Trinajstić information content (AvgIpc) is 2.27. The van der Waals surface area contributed by atoms with Crippen LogP contribution in [0.15, 0.2) is 18.2 Å². The molecule has 1 aromatic rings. The third kappa shape index (κ3) is 4.84. The zero-order valence-electron chi connectivity index (χ0n) is 10.9. The molecule has 1 rings (SSSR count). The minimum Gasteiger partial charge on any atom is -0.497 e. The van der Waals surface area contributed by atoms with Crippen LogP contribution in [0.3, 0.4) is 0 Å². The van der Waals surface area contributed by atoms with Crippen LogP contribution in [-0.2, 0) is 0 Å². The fourth-order valence-electron chi connectivity index (χ4n) is 1.69. The summed E-state index contributed by atoms with van der Waals surface area (Å²) in [6.07, 6.45) is 0.955. The molecule has 3 nitrogen and oxygen atoms in total. The van der Waals surface area contributed by atoms with Gasteiger partial charge in [-0.05, 0) is 30.0 Å². The molecule has 2 N–H and O–H groups in total. The van der Waals surface area contributed by atoms with Gasteiger partial charge in [-0.1, -0.05) is 13.8 Å². The number of nitrogens with two attached hydrogens (primary N) is 1. The Hall–Kier alpha value is -0.930. The summed E-state index contributed by atoms with van der Waals surface area (Å²) in [5, 5.41) is 0. The largest absolute Gasteiger partial charge is 0.497 e. The molecule has 0 radical (unpaired) electrons. The van der Waals surface area contributed by atoms with Crippen molar-refractivity contribution < 1.29 is 9.47 Å². The van der Waals surface area contributed by atoms with Crippen LogP contribution in [0.25, 0.3) is 0 Å². The Morgan fingerprint density at radius 2 is 1.53 bits per heavy atom. The molecule has 4 heteroatoms. The summed E-state index contributed by atoms with van der Waals surface area (Å²) in [5.74, 6) is 2.15. The number of halogens is 1. The lowest BCUT2D eigenvalue weighted by Crippen LogP contribution is -2.13. The van der Waals surface area contributed by atoms with Gasteiger partial charge >= 0.3 is 0 Å². The van der Waals surface area contributed by atoms with Crippen LogP contribution in [0.4, 0.5) is 0 Å². The molecule has 0 fully saturated rings. The number of benzene rings is 1. The highest BCUT2D eigenvalue weighted by Gasteiger charge is 2.11. The second kappa shape index (κ2) is 7.41. The van der Waals surface area contributed by atoms with Gasteiger partial charge in [0.05, 0.1) is 14.2 Å². The molecule has 0 heterocycles. The van der Waals surface area contributed by atoms with Crippen LogP contribution in [0.2, 0.25) is 0 Å². The van der Waals surface area contributed by atoms with E-state index in [4.69, 9.17) is 15.2 Å². The standard InChI is InChI=1S/C13H21NO2.ClH/c1-9(2)5-13(14)10-6-11(15-3)8-12(7-10)16-4;/h6-9,13H,5,14H2,1-4H3;1H/t13-;/m1./s1. The molecule has 0 bridgehead atoms. The van der Waals surface area contributed by atoms with Crippen LogP contribution in [-0.4, -0.2) is 14.2 Å². The van der Waals surface area contributed by atoms with Crippen LogP contribution < -0.4 is 15.2 Å². The molecule has 17 heavy (non-hydrogen) atoms. The van der Waals surface area contributed by atoms with E-state index in [9.17, 15) is 0 Å². The zero-order valence-corrected chi connectivity index (χ0v) is 11.7. The Kier molecular flexibility index (Phi) is 7.00. The molecular formula is C13H22ClNO2. The van der Waals surface area contributed by atoms with Crippen molar-refractivity contribution in [1.29, 1.82) is 0 Å². The van der Waals surface area contributed by atoms with Crippen molar-refractivity contribution in [2.24, 2.45) is 11.7 Å². The number of hydrogen-bond donors (Lipinski definition) is 1. The Labute approximate surface area is 110 Å². The second-order valence-corrected chi connectivity index (χ2v) is 4.38. The van der Waals surface area contributed by atoms with Gasteiger partial charge in [0.15, 0.2) is 0 Å². The Bertz CT molecular complexity index is 320. The molecule has 0 saturated carbocycles. The molecule has 0 aliphatic carbocycles. The van der Waals surface area contributed by atoms with E-state index in [1.54, 1.807) is 14.2 Å². The lowest BCUT2D eigenvalue weighted by atomic mass is 9.97. The van der Waals surface area contributed by atoms with Crippen molar-refractivity contribution in [3.63, 3.8) is 0 Å². The van der Waals surface area contributed by atoms with Crippen molar-refractivity contribution in [3.8, 4) is 11.5 Å². The van der Waals surface area contributed by atoms with Gasteiger partial charge in [0.25, 0.3) is 0 Å². The highest BCUT2D eigenvalue weighted by atomic mass is 35.5. The van der Waals surface area contributed by atoms with Gasteiger partial charge < -0.3 is 15.2 Å². The van der Waals surface area contributed by atoms with E-state index in [1.165, 1.54) is 0 Å². The maximum atomic E-state index is 6.13. The van der Waals surface area contributed by atoms with Crippen molar-refractivity contribution in [3.05, 3.63) is 23.8 Å². The van der Waals surface area contributed by atoms with Gasteiger partial charge in [0, 0.05) is 12.1 Å². The van der Waals surface area contributed by atoms with Crippen molar-refractivity contribution in [2.45, 2.75) is 26.3 Å². The van der Waals surface area contributed by atoms with Gasteiger partial charge in [-0.15, -0.1) is 12.4 Å². The molecule has 0 aromatic heterocycles. The number of methoxy groups -OCH3 is 2. The van der Waals surface area contributed by atoms with Crippen LogP contribution >= 0.6 is 12.4 Å². The molecule has 0 unspecified atom stereocenters. The van der Waals surface area contributed by atoms with E-state index in [0.717, 1.165) is 23.5 Å². The molecular weight excluding hydrogens is 238 g/mol. The van der Waals surface area contributed by atoms with E-state index in [1.807, 2.05) is 18.2 Å². The zero-order chi connectivity index (χ0) is 12.1. The Balaban J connectivity index is 0.00000256. The fourth-order valence-corrected chi connectivity index (χ4v) is 1.69. The number of hydrogen-bond acceptors (Lipinski definition) is 3. The van der Waals surface area contributed by atoms with Crippen LogP contribution in [0.1, 0.15) is 31.9 Å². The first-order chi connectivity index (χ1) is 7.56. The highest BCUT2D eigenvalue weighted by Crippen LogP contribution is 2.28. The molecule has 0 saturated heterocycles. The summed E-state index contributed by atoms with van der Waals surface area (Å²) < 4.78 is 10.4. The number of ether oxygens (including phenoxy) is 2. The molecule has 1 aromatic carbocycles. The maximum Gasteiger partial charge on any atom is 0.122 e. The third-order valence-corrected chi connectivity index (χ3v) is 2.53. The minimum absolute atomic E-state index is 0. The lowest BCUT2D eigenvalue weighted by Gasteiger charge is -2.16. The first-order valence-electron chi connectivity index (χ1n) is 5.55. The molecule has 0 amide bonds. The van der Waals surface area contributed by atoms with Gasteiger partial charge in [-0.3, -0.25) is 0 Å². The van der Waals surface area contributed by atoms with Crippen LogP contribution in [0.5, 0.6) is 11.5 Å². The van der Waals surface area contributed by atoms with Crippen molar-refractivity contribution >= 4 is 12.4 Å². The van der Waals surface area contributed by atoms with Gasteiger partial charge in [-0.2, -0.15) is 0 Å². The molecule has 0 aliphatic rings. The van der Waals surface area contributed by atoms with Crippen LogP contribution in [0, 0.1) is 5.92 Å². The molecule has 0 spiro atoms. The Morgan fingerprint density at radius 3 is 1.88 bits per heavy atom. The van der Waals surface area contributed by atoms with E-state index in [-0.39, 0.29) is 18.4 Å². The smallest absolute Gasteiger partial charge is 0.122 e. The highest BCUT2D eigenvalue weighted by molar-refractivity contribution is 5.85. The summed E-state index contributed by atoms with van der Waals surface area (Å²) in [4.78, 5) is 0. The van der Waals surface area contributed by atoms with Crippen molar-refractivity contribution in [1.82, 2.24) is 0 Å². The number of rotatable bonds is 5. The molecule has 1 atom stereocenters. The van der Waals surface area contributed by atoms with Crippen molar-refractivity contribution in [2.75, 3.05) is 14.2 Å². The monoisotopic (exact) mass is 259 g/mol. The normalized spacial score (nSPS) is 11.9. The first kappa shape index (κ1) is 16.1. The summed E-state index contributed by atoms with van der Waals surface area (Å²) in [5.41, 5.74) is 7.19. The summed E-state index contributed by atoms with van der Waals surface area (Å²) in [6.45, 7) is 4.33. The molecule has 98 valence electrons. The maximum absolute atomic E-state index is 6.13. The van der Waals surface area contributed by atoms with E-state index >= 15 is 0 Å². The summed E-state index contributed by atoms with van der Waals surface area (Å²) >= 11 is 0. The first-order valence-corrected chi connectivity index (χ1v) is 5.55.